The molecule has 1 fully saturated rings. The molecule has 0 unspecified atom stereocenters. The van der Waals surface area contributed by atoms with Crippen molar-refractivity contribution in [2.45, 2.75) is 18.4 Å². The molecule has 84 valence electrons. The molecule has 2 heterocycles. The Labute approximate surface area is 93.5 Å². The summed E-state index contributed by atoms with van der Waals surface area (Å²) in [5.74, 6) is 0. The van der Waals surface area contributed by atoms with Crippen LogP contribution in [-0.4, -0.2) is 17.1 Å². The summed E-state index contributed by atoms with van der Waals surface area (Å²) in [6.07, 6.45) is 3.84. The number of alkyl halides is 1. The number of hydrogen-bond donors (Lipinski definition) is 1. The van der Waals surface area contributed by atoms with E-state index in [0.29, 0.717) is 7.18 Å². The highest BCUT2D eigenvalue weighted by Gasteiger charge is 2.41. The Morgan fingerprint density at radius 3 is 2.69 bits per heavy atom. The van der Waals surface area contributed by atoms with E-state index in [-0.39, 0.29) is 5.54 Å². The zero-order valence-corrected chi connectivity index (χ0v) is 9.15. The van der Waals surface area contributed by atoms with Crippen LogP contribution in [0.15, 0.2) is 30.5 Å². The van der Waals surface area contributed by atoms with Crippen molar-refractivity contribution < 1.29 is 4.39 Å². The molecular formula is C12H14FN3. The van der Waals surface area contributed by atoms with Gasteiger partial charge in [-0.25, -0.2) is 9.97 Å². The number of hydrogen-bond acceptors (Lipinski definition) is 3. The fourth-order valence-electron chi connectivity index (χ4n) is 1.62. The Hall–Kier alpha value is -1.55. The van der Waals surface area contributed by atoms with Crippen molar-refractivity contribution >= 4 is 11.0 Å². The first kappa shape index (κ1) is 11.0. The van der Waals surface area contributed by atoms with Gasteiger partial charge in [-0.05, 0) is 37.1 Å². The topological polar surface area (TPSA) is 51.8 Å². The van der Waals surface area contributed by atoms with Crippen LogP contribution >= 0.6 is 0 Å². The largest absolute Gasteiger partial charge is 0.320 e. The van der Waals surface area contributed by atoms with E-state index in [2.05, 4.69) is 9.97 Å². The zero-order chi connectivity index (χ0) is 11.6. The van der Waals surface area contributed by atoms with E-state index in [1.807, 2.05) is 24.3 Å². The molecule has 0 spiro atoms. The molecule has 0 atom stereocenters. The summed E-state index contributed by atoms with van der Waals surface area (Å²) < 4.78 is 9.50. The summed E-state index contributed by atoms with van der Waals surface area (Å²) >= 11 is 0. The van der Waals surface area contributed by atoms with Gasteiger partial charge in [-0.3, -0.25) is 4.39 Å². The SMILES string of the molecule is CF.NC1(c2ccc3cccnc3n2)CC1. The van der Waals surface area contributed by atoms with Crippen molar-refractivity contribution in [3.8, 4) is 0 Å². The minimum Gasteiger partial charge on any atom is -0.320 e. The van der Waals surface area contributed by atoms with Gasteiger partial charge in [0.05, 0.1) is 18.4 Å². The molecular weight excluding hydrogens is 205 g/mol. The highest BCUT2D eigenvalue weighted by molar-refractivity contribution is 5.74. The van der Waals surface area contributed by atoms with Crippen molar-refractivity contribution in [2.24, 2.45) is 5.73 Å². The molecule has 0 amide bonds. The number of nitrogens with zero attached hydrogens (tertiary/aromatic N) is 2. The van der Waals surface area contributed by atoms with Gasteiger partial charge in [0, 0.05) is 11.6 Å². The normalized spacial score (nSPS) is 16.4. The number of halogens is 1. The van der Waals surface area contributed by atoms with Crippen LogP contribution in [-0.2, 0) is 5.54 Å². The van der Waals surface area contributed by atoms with Crippen LogP contribution in [0.2, 0.25) is 0 Å². The fourth-order valence-corrected chi connectivity index (χ4v) is 1.62. The minimum absolute atomic E-state index is 0.161. The first-order valence-corrected chi connectivity index (χ1v) is 5.17. The third-order valence-electron chi connectivity index (χ3n) is 2.76. The van der Waals surface area contributed by atoms with Gasteiger partial charge in [0.15, 0.2) is 5.65 Å². The molecule has 3 rings (SSSR count). The van der Waals surface area contributed by atoms with Crippen LogP contribution in [0.3, 0.4) is 0 Å². The zero-order valence-electron chi connectivity index (χ0n) is 9.15. The number of rotatable bonds is 1. The lowest BCUT2D eigenvalue weighted by Crippen LogP contribution is -2.20. The second-order valence-electron chi connectivity index (χ2n) is 3.90. The Kier molecular flexibility index (Phi) is 2.83. The standard InChI is InChI=1S/C11H11N3.CH3F/c12-11(5-6-11)9-4-3-8-2-1-7-13-10(8)14-9;1-2/h1-4,7H,5-6,12H2;1H3. The van der Waals surface area contributed by atoms with Crippen molar-refractivity contribution in [3.63, 3.8) is 0 Å². The van der Waals surface area contributed by atoms with Crippen LogP contribution in [0.25, 0.3) is 11.0 Å². The Morgan fingerprint density at radius 1 is 1.25 bits per heavy atom. The average Bonchev–Trinajstić information content (AvgIpc) is 3.11. The van der Waals surface area contributed by atoms with E-state index in [0.717, 1.165) is 29.6 Å². The lowest BCUT2D eigenvalue weighted by molar-refractivity contribution is 0.636. The smallest absolute Gasteiger partial charge is 0.159 e. The maximum Gasteiger partial charge on any atom is 0.159 e. The van der Waals surface area contributed by atoms with E-state index >= 15 is 0 Å². The van der Waals surface area contributed by atoms with Crippen molar-refractivity contribution in [3.05, 3.63) is 36.2 Å². The van der Waals surface area contributed by atoms with Crippen LogP contribution < -0.4 is 5.73 Å². The molecule has 0 aromatic carbocycles. The van der Waals surface area contributed by atoms with Gasteiger partial charge >= 0.3 is 0 Å². The van der Waals surface area contributed by atoms with Crippen molar-refractivity contribution in [2.75, 3.05) is 7.18 Å². The van der Waals surface area contributed by atoms with E-state index in [4.69, 9.17) is 5.73 Å². The van der Waals surface area contributed by atoms with Crippen LogP contribution in [0.5, 0.6) is 0 Å². The molecule has 1 saturated carbocycles. The monoisotopic (exact) mass is 219 g/mol. The third-order valence-corrected chi connectivity index (χ3v) is 2.76. The maximum absolute atomic E-state index is 9.50. The summed E-state index contributed by atoms with van der Waals surface area (Å²) in [4.78, 5) is 8.69. The minimum atomic E-state index is -0.161. The first-order valence-electron chi connectivity index (χ1n) is 5.17. The summed E-state index contributed by atoms with van der Waals surface area (Å²) in [6, 6.07) is 7.98. The summed E-state index contributed by atoms with van der Waals surface area (Å²) in [5.41, 5.74) is 7.68. The molecule has 0 aliphatic heterocycles. The van der Waals surface area contributed by atoms with E-state index in [1.54, 1.807) is 6.20 Å². The van der Waals surface area contributed by atoms with E-state index in [1.165, 1.54) is 0 Å². The Balaban J connectivity index is 0.000000457. The molecule has 0 bridgehead atoms. The average molecular weight is 219 g/mol. The van der Waals surface area contributed by atoms with Gasteiger partial charge in [-0.15, -0.1) is 0 Å². The van der Waals surface area contributed by atoms with Gasteiger partial charge < -0.3 is 5.73 Å². The number of fused-ring (bicyclic) bond motifs is 1. The molecule has 2 aromatic heterocycles. The van der Waals surface area contributed by atoms with E-state index < -0.39 is 0 Å². The summed E-state index contributed by atoms with van der Waals surface area (Å²) in [7, 11) is 0.500. The van der Waals surface area contributed by atoms with Gasteiger partial charge in [0.2, 0.25) is 0 Å². The highest BCUT2D eigenvalue weighted by Crippen LogP contribution is 2.41. The van der Waals surface area contributed by atoms with Crippen LogP contribution in [0, 0.1) is 0 Å². The molecule has 0 radical (unpaired) electrons. The van der Waals surface area contributed by atoms with Crippen LogP contribution in [0.4, 0.5) is 4.39 Å². The predicted octanol–water partition coefficient (Wildman–Crippen LogP) is 2.16. The molecule has 0 saturated heterocycles. The Morgan fingerprint density at radius 2 is 2.00 bits per heavy atom. The van der Waals surface area contributed by atoms with Crippen LogP contribution in [0.1, 0.15) is 18.5 Å². The fraction of sp³-hybridized carbons (Fsp3) is 0.333. The van der Waals surface area contributed by atoms with Gasteiger partial charge in [-0.1, -0.05) is 0 Å². The lowest BCUT2D eigenvalue weighted by atomic mass is 10.1. The molecule has 4 heteroatoms. The molecule has 2 aromatic rings. The molecule has 1 aliphatic carbocycles. The van der Waals surface area contributed by atoms with Gasteiger partial charge in [-0.2, -0.15) is 0 Å². The number of pyridine rings is 2. The quantitative estimate of drug-likeness (QED) is 0.799. The molecule has 1 aliphatic rings. The van der Waals surface area contributed by atoms with Gasteiger partial charge in [0.1, 0.15) is 0 Å². The maximum atomic E-state index is 9.50. The first-order chi connectivity index (χ1) is 7.78. The number of aromatic nitrogens is 2. The second kappa shape index (κ2) is 4.14. The summed E-state index contributed by atoms with van der Waals surface area (Å²) in [6.45, 7) is 0. The highest BCUT2D eigenvalue weighted by atomic mass is 19.1. The molecule has 2 N–H and O–H groups in total. The summed E-state index contributed by atoms with van der Waals surface area (Å²) in [5, 5.41) is 1.07. The molecule has 3 nitrogen and oxygen atoms in total. The predicted molar refractivity (Wildman–Crippen MR) is 61.7 cm³/mol. The van der Waals surface area contributed by atoms with Gasteiger partial charge in [0.25, 0.3) is 0 Å². The lowest BCUT2D eigenvalue weighted by Gasteiger charge is -2.07. The third kappa shape index (κ3) is 1.88. The van der Waals surface area contributed by atoms with Crippen molar-refractivity contribution in [1.82, 2.24) is 9.97 Å². The van der Waals surface area contributed by atoms with Crippen molar-refractivity contribution in [1.29, 1.82) is 0 Å². The number of nitrogens with two attached hydrogens (primary N) is 1. The molecule has 16 heavy (non-hydrogen) atoms. The Bertz CT molecular complexity index is 494. The second-order valence-corrected chi connectivity index (χ2v) is 3.90. The van der Waals surface area contributed by atoms with E-state index in [9.17, 15) is 4.39 Å².